The van der Waals surface area contributed by atoms with E-state index in [1.165, 1.54) is 25.6 Å². The van der Waals surface area contributed by atoms with Crippen molar-refractivity contribution in [2.45, 2.75) is 25.6 Å². The molecule has 0 bridgehead atoms. The molecule has 1 aliphatic rings. The third-order valence-electron chi connectivity index (χ3n) is 1.26. The van der Waals surface area contributed by atoms with E-state index in [1.807, 2.05) is 0 Å². The van der Waals surface area contributed by atoms with E-state index in [9.17, 15) is 0 Å². The summed E-state index contributed by atoms with van der Waals surface area (Å²) in [6.07, 6.45) is 7.58. The molecular formula is C6H10B. The summed E-state index contributed by atoms with van der Waals surface area (Å²) in [6.45, 7) is 0. The van der Waals surface area contributed by atoms with Gasteiger partial charge in [-0.15, -0.1) is 5.98 Å². The molecule has 0 aliphatic carbocycles. The van der Waals surface area contributed by atoms with Gasteiger partial charge >= 0.3 is 0 Å². The standard InChI is InChI=1S/C6H10B/c1-2-4-6-7-5-3-1/h3,5H,1-2,4,6H2. The van der Waals surface area contributed by atoms with Crippen molar-refractivity contribution < 1.29 is 0 Å². The van der Waals surface area contributed by atoms with Crippen LogP contribution in [0.1, 0.15) is 19.3 Å². The summed E-state index contributed by atoms with van der Waals surface area (Å²) in [4.78, 5) is 0. The van der Waals surface area contributed by atoms with Gasteiger partial charge in [0.1, 0.15) is 7.28 Å². The first-order chi connectivity index (χ1) is 3.50. The molecule has 1 heteroatoms. The molecular weight excluding hydrogens is 82.9 g/mol. The highest BCUT2D eigenvalue weighted by molar-refractivity contribution is 6.41. The van der Waals surface area contributed by atoms with Gasteiger partial charge in [0.05, 0.1) is 0 Å². The van der Waals surface area contributed by atoms with Gasteiger partial charge in [-0.3, -0.25) is 0 Å². The van der Waals surface area contributed by atoms with Crippen molar-refractivity contribution in [3.05, 3.63) is 12.1 Å². The Kier molecular flexibility index (Phi) is 2.05. The predicted octanol–water partition coefficient (Wildman–Crippen LogP) is 1.81. The smallest absolute Gasteiger partial charge is 0.127 e. The van der Waals surface area contributed by atoms with Gasteiger partial charge < -0.3 is 0 Å². The number of hydrogen-bond acceptors (Lipinski definition) is 0. The van der Waals surface area contributed by atoms with E-state index in [0.717, 1.165) is 0 Å². The van der Waals surface area contributed by atoms with E-state index >= 15 is 0 Å². The minimum atomic E-state index is 1.29. The Bertz CT molecular complexity index is 58.6. The molecule has 7 heavy (non-hydrogen) atoms. The Hall–Kier alpha value is -0.195. The molecule has 0 unspecified atom stereocenters. The zero-order valence-corrected chi connectivity index (χ0v) is 4.56. The second kappa shape index (κ2) is 2.89. The van der Waals surface area contributed by atoms with Crippen LogP contribution in [0, 0.1) is 0 Å². The quantitative estimate of drug-likeness (QED) is 0.400. The van der Waals surface area contributed by atoms with Crippen LogP contribution in [-0.2, 0) is 0 Å². The fourth-order valence-electron chi connectivity index (χ4n) is 0.813. The molecule has 0 aromatic rings. The van der Waals surface area contributed by atoms with Gasteiger partial charge in [-0.05, 0) is 6.42 Å². The Balaban J connectivity index is 2.20. The number of allylic oxidation sites excluding steroid dienone is 1. The van der Waals surface area contributed by atoms with E-state index in [4.69, 9.17) is 0 Å². The summed E-state index contributed by atoms with van der Waals surface area (Å²) in [5.41, 5.74) is 0. The molecule has 0 aromatic carbocycles. The molecule has 1 rings (SSSR count). The summed E-state index contributed by atoms with van der Waals surface area (Å²) < 4.78 is 0. The topological polar surface area (TPSA) is 0 Å². The largest absolute Gasteiger partial charge is 0.140 e. The van der Waals surface area contributed by atoms with Crippen LogP contribution in [0.25, 0.3) is 0 Å². The fraction of sp³-hybridized carbons (Fsp3) is 0.667. The maximum Gasteiger partial charge on any atom is 0.140 e. The lowest BCUT2D eigenvalue weighted by atomic mass is 9.74. The molecule has 0 amide bonds. The van der Waals surface area contributed by atoms with Gasteiger partial charge in [0.25, 0.3) is 0 Å². The van der Waals surface area contributed by atoms with Crippen molar-refractivity contribution in [2.24, 2.45) is 0 Å². The molecule has 1 radical (unpaired) electrons. The Morgan fingerprint density at radius 2 is 2.29 bits per heavy atom. The lowest BCUT2D eigenvalue weighted by Crippen LogP contribution is -1.77. The van der Waals surface area contributed by atoms with Crippen LogP contribution in [0.4, 0.5) is 0 Å². The second-order valence-electron chi connectivity index (χ2n) is 1.95. The van der Waals surface area contributed by atoms with Crippen molar-refractivity contribution in [2.75, 3.05) is 0 Å². The first-order valence-corrected chi connectivity index (χ1v) is 2.98. The monoisotopic (exact) mass is 93.1 g/mol. The SMILES string of the molecule is [B]1C=CCCCC1. The van der Waals surface area contributed by atoms with E-state index in [-0.39, 0.29) is 0 Å². The maximum absolute atomic E-state index is 2.24. The normalized spacial score (nSPS) is 20.6. The summed E-state index contributed by atoms with van der Waals surface area (Å²) in [6, 6.07) is 0. The van der Waals surface area contributed by atoms with Gasteiger partial charge in [0.2, 0.25) is 0 Å². The van der Waals surface area contributed by atoms with E-state index in [2.05, 4.69) is 19.3 Å². The van der Waals surface area contributed by atoms with Gasteiger partial charge in [-0.25, -0.2) is 0 Å². The zero-order valence-electron chi connectivity index (χ0n) is 4.56. The van der Waals surface area contributed by atoms with Crippen LogP contribution in [-0.4, -0.2) is 7.28 Å². The zero-order chi connectivity index (χ0) is 4.95. The molecule has 0 saturated heterocycles. The van der Waals surface area contributed by atoms with Crippen LogP contribution in [0.5, 0.6) is 0 Å². The molecule has 0 nitrogen and oxygen atoms in total. The van der Waals surface area contributed by atoms with Crippen molar-refractivity contribution in [3.63, 3.8) is 0 Å². The van der Waals surface area contributed by atoms with Gasteiger partial charge in [0.15, 0.2) is 0 Å². The van der Waals surface area contributed by atoms with Crippen LogP contribution in [0.3, 0.4) is 0 Å². The molecule has 0 spiro atoms. The summed E-state index contributed by atoms with van der Waals surface area (Å²) in [7, 11) is 2.24. The number of hydrogen-bond donors (Lipinski definition) is 0. The average molecular weight is 93.0 g/mol. The van der Waals surface area contributed by atoms with Crippen LogP contribution in [0.15, 0.2) is 12.1 Å². The molecule has 0 atom stereocenters. The average Bonchev–Trinajstić information content (AvgIpc) is 1.90. The highest BCUT2D eigenvalue weighted by atomic mass is 13.9. The summed E-state index contributed by atoms with van der Waals surface area (Å²) >= 11 is 0. The molecule has 0 saturated carbocycles. The van der Waals surface area contributed by atoms with Crippen molar-refractivity contribution in [3.8, 4) is 0 Å². The van der Waals surface area contributed by atoms with Crippen molar-refractivity contribution >= 4 is 7.28 Å². The highest BCUT2D eigenvalue weighted by Gasteiger charge is 1.90. The third-order valence-corrected chi connectivity index (χ3v) is 1.26. The van der Waals surface area contributed by atoms with E-state index in [1.54, 1.807) is 0 Å². The highest BCUT2D eigenvalue weighted by Crippen LogP contribution is 2.04. The first kappa shape index (κ1) is 4.95. The van der Waals surface area contributed by atoms with Crippen LogP contribution >= 0.6 is 0 Å². The van der Waals surface area contributed by atoms with Gasteiger partial charge in [0, 0.05) is 0 Å². The number of rotatable bonds is 0. The Morgan fingerprint density at radius 3 is 3.29 bits per heavy atom. The van der Waals surface area contributed by atoms with E-state index in [0.29, 0.717) is 0 Å². The van der Waals surface area contributed by atoms with Gasteiger partial charge in [-0.2, -0.15) is 0 Å². The van der Waals surface area contributed by atoms with Crippen LogP contribution in [0.2, 0.25) is 6.32 Å². The lowest BCUT2D eigenvalue weighted by molar-refractivity contribution is 0.819. The minimum Gasteiger partial charge on any atom is -0.127 e. The van der Waals surface area contributed by atoms with Gasteiger partial charge in [-0.1, -0.05) is 25.2 Å². The molecule has 37 valence electrons. The Morgan fingerprint density at radius 1 is 1.29 bits per heavy atom. The summed E-state index contributed by atoms with van der Waals surface area (Å²) in [5, 5.41) is 0. The molecule has 0 aromatic heterocycles. The predicted molar refractivity (Wildman–Crippen MR) is 33.6 cm³/mol. The molecule has 1 heterocycles. The first-order valence-electron chi connectivity index (χ1n) is 2.98. The van der Waals surface area contributed by atoms with Crippen molar-refractivity contribution in [1.82, 2.24) is 0 Å². The second-order valence-corrected chi connectivity index (χ2v) is 1.95. The summed E-state index contributed by atoms with van der Waals surface area (Å²) in [5.74, 6) is 2.17. The molecule has 1 aliphatic heterocycles. The van der Waals surface area contributed by atoms with Crippen LogP contribution < -0.4 is 0 Å². The maximum atomic E-state index is 2.24. The minimum absolute atomic E-state index is 1.29. The fourth-order valence-corrected chi connectivity index (χ4v) is 0.813. The van der Waals surface area contributed by atoms with E-state index < -0.39 is 0 Å². The Labute approximate surface area is 45.9 Å². The van der Waals surface area contributed by atoms with Crippen molar-refractivity contribution in [1.29, 1.82) is 0 Å². The molecule has 0 fully saturated rings. The lowest BCUT2D eigenvalue weighted by Gasteiger charge is -1.85. The third kappa shape index (κ3) is 1.81. The molecule has 0 N–H and O–H groups in total.